The lowest BCUT2D eigenvalue weighted by Crippen LogP contribution is -2.29. The van der Waals surface area contributed by atoms with Crippen molar-refractivity contribution in [2.24, 2.45) is 0 Å². The van der Waals surface area contributed by atoms with Gasteiger partial charge in [0.15, 0.2) is 9.84 Å². The number of nitriles is 1. The van der Waals surface area contributed by atoms with Crippen molar-refractivity contribution in [2.75, 3.05) is 23.9 Å². The third-order valence-electron chi connectivity index (χ3n) is 3.89. The second-order valence-corrected chi connectivity index (χ2v) is 9.48. The second kappa shape index (κ2) is 7.45. The van der Waals surface area contributed by atoms with Crippen LogP contribution in [0.15, 0.2) is 40.9 Å². The van der Waals surface area contributed by atoms with E-state index in [0.29, 0.717) is 6.42 Å². The van der Waals surface area contributed by atoms with Crippen LogP contribution in [0, 0.1) is 11.3 Å². The van der Waals surface area contributed by atoms with Crippen molar-refractivity contribution in [1.82, 2.24) is 4.90 Å². The van der Waals surface area contributed by atoms with Gasteiger partial charge in [0, 0.05) is 25.0 Å². The van der Waals surface area contributed by atoms with Crippen LogP contribution in [0.5, 0.6) is 0 Å². The molecule has 0 bridgehead atoms. The fraction of sp³-hybridized carbons (Fsp3) is 0.333. The zero-order valence-electron chi connectivity index (χ0n) is 13.8. The highest BCUT2D eigenvalue weighted by Crippen LogP contribution is 2.18. The molecule has 0 aliphatic carbocycles. The molecule has 11 heteroatoms. The molecule has 2 N–H and O–H groups in total. The first-order valence-corrected chi connectivity index (χ1v) is 10.7. The molecular formula is C15H17N3O6S2. The highest BCUT2D eigenvalue weighted by molar-refractivity contribution is 7.91. The summed E-state index contributed by atoms with van der Waals surface area (Å²) in [7, 11) is -5.83. The molecule has 1 saturated heterocycles. The molecule has 1 amide bonds. The number of anilines is 1. The first-order chi connectivity index (χ1) is 12.0. The van der Waals surface area contributed by atoms with E-state index in [1.54, 1.807) is 13.1 Å². The number of benzene rings is 1. The summed E-state index contributed by atoms with van der Waals surface area (Å²) in [4.78, 5) is 13.4. The van der Waals surface area contributed by atoms with Gasteiger partial charge in [-0.15, -0.1) is 0 Å². The molecule has 9 nitrogen and oxygen atoms in total. The maximum atomic E-state index is 12.2. The topological polar surface area (TPSA) is 145 Å². The quantitative estimate of drug-likeness (QED) is 0.411. The van der Waals surface area contributed by atoms with E-state index in [9.17, 15) is 26.9 Å². The molecule has 1 aromatic rings. The van der Waals surface area contributed by atoms with Gasteiger partial charge < -0.3 is 10.2 Å². The first-order valence-electron chi connectivity index (χ1n) is 7.45. The van der Waals surface area contributed by atoms with Gasteiger partial charge in [-0.05, 0) is 30.7 Å². The van der Waals surface area contributed by atoms with E-state index in [1.807, 2.05) is 0 Å². The molecule has 0 saturated carbocycles. The minimum atomic E-state index is -4.34. The second-order valence-electron chi connectivity index (χ2n) is 5.83. The highest BCUT2D eigenvalue weighted by Gasteiger charge is 2.30. The number of carbonyl (C=O) groups excluding carboxylic acids is 1. The minimum Gasteiger partial charge on any atom is -0.375 e. The zero-order valence-corrected chi connectivity index (χ0v) is 15.4. The van der Waals surface area contributed by atoms with Gasteiger partial charge in [-0.2, -0.15) is 13.7 Å². The number of nitrogens with one attached hydrogen (secondary N) is 1. The van der Waals surface area contributed by atoms with Crippen LogP contribution >= 0.6 is 0 Å². The van der Waals surface area contributed by atoms with Crippen LogP contribution in [0.4, 0.5) is 5.69 Å². The van der Waals surface area contributed by atoms with Crippen LogP contribution in [-0.4, -0.2) is 56.8 Å². The van der Waals surface area contributed by atoms with Gasteiger partial charge in [0.2, 0.25) is 0 Å². The Morgan fingerprint density at radius 3 is 2.46 bits per heavy atom. The number of hydrogen-bond acceptors (Lipinski definition) is 7. The molecule has 1 heterocycles. The SMILES string of the molecule is CN(/C=C(/C#N)C(=O)Nc1ccc(S(=O)(=O)O)cc1)C1CCS(=O)(=O)C1. The predicted molar refractivity (Wildman–Crippen MR) is 93.4 cm³/mol. The zero-order chi connectivity index (χ0) is 19.5. The average molecular weight is 399 g/mol. The van der Waals surface area contributed by atoms with Gasteiger partial charge in [-0.1, -0.05) is 0 Å². The lowest BCUT2D eigenvalue weighted by Gasteiger charge is -2.21. The van der Waals surface area contributed by atoms with Crippen molar-refractivity contribution >= 4 is 31.5 Å². The normalized spacial score (nSPS) is 19.6. The lowest BCUT2D eigenvalue weighted by molar-refractivity contribution is -0.112. The number of carbonyl (C=O) groups is 1. The Morgan fingerprint density at radius 2 is 2.00 bits per heavy atom. The van der Waals surface area contributed by atoms with Gasteiger partial charge in [0.05, 0.1) is 16.4 Å². The summed E-state index contributed by atoms with van der Waals surface area (Å²) in [5.74, 6) is -0.679. The molecule has 140 valence electrons. The summed E-state index contributed by atoms with van der Waals surface area (Å²) in [6.45, 7) is 0. The van der Waals surface area contributed by atoms with Crippen molar-refractivity contribution in [1.29, 1.82) is 5.26 Å². The van der Waals surface area contributed by atoms with Crippen LogP contribution in [0.25, 0.3) is 0 Å². The number of amides is 1. The number of rotatable bonds is 5. The molecule has 1 unspecified atom stereocenters. The standard InChI is InChI=1S/C15H17N3O6S2/c1-18(13-6-7-25(20,21)10-13)9-11(8-16)15(19)17-12-2-4-14(5-3-12)26(22,23)24/h2-5,9,13H,6-7,10H2,1H3,(H,17,19)(H,22,23,24)/b11-9-. The molecule has 1 fully saturated rings. The lowest BCUT2D eigenvalue weighted by atomic mass is 10.2. The highest BCUT2D eigenvalue weighted by atomic mass is 32.2. The molecule has 0 radical (unpaired) electrons. The van der Waals surface area contributed by atoms with E-state index in [4.69, 9.17) is 4.55 Å². The Kier molecular flexibility index (Phi) is 5.70. The molecule has 2 rings (SSSR count). The summed E-state index contributed by atoms with van der Waals surface area (Å²) >= 11 is 0. The van der Waals surface area contributed by atoms with Crippen molar-refractivity contribution in [2.45, 2.75) is 17.4 Å². The van der Waals surface area contributed by atoms with E-state index in [1.165, 1.54) is 23.2 Å². The Balaban J connectivity index is 2.10. The van der Waals surface area contributed by atoms with Crippen molar-refractivity contribution in [3.63, 3.8) is 0 Å². The molecule has 1 atom stereocenters. The molecular weight excluding hydrogens is 382 g/mol. The third-order valence-corrected chi connectivity index (χ3v) is 6.51. The van der Waals surface area contributed by atoms with Crippen molar-refractivity contribution in [3.05, 3.63) is 36.0 Å². The summed E-state index contributed by atoms with van der Waals surface area (Å²) in [5, 5.41) is 11.6. The fourth-order valence-corrected chi connectivity index (χ4v) is 4.72. The predicted octanol–water partition coefficient (Wildman–Crippen LogP) is 0.398. The van der Waals surface area contributed by atoms with Crippen LogP contribution in [0.1, 0.15) is 6.42 Å². The molecule has 1 aliphatic heterocycles. The Hall–Kier alpha value is -2.42. The smallest absolute Gasteiger partial charge is 0.294 e. The summed E-state index contributed by atoms with van der Waals surface area (Å²) in [6.07, 6.45) is 1.71. The monoisotopic (exact) mass is 399 g/mol. The third kappa shape index (κ3) is 5.04. The molecule has 1 aromatic carbocycles. The van der Waals surface area contributed by atoms with Crippen LogP contribution in [0.3, 0.4) is 0 Å². The minimum absolute atomic E-state index is 0.0303. The first kappa shape index (κ1) is 19.9. The van der Waals surface area contributed by atoms with Gasteiger partial charge in [0.25, 0.3) is 16.0 Å². The molecule has 0 aromatic heterocycles. The number of nitrogens with zero attached hydrogens (tertiary/aromatic N) is 2. The molecule has 0 spiro atoms. The van der Waals surface area contributed by atoms with Crippen LogP contribution < -0.4 is 5.32 Å². The Bertz CT molecular complexity index is 975. The fourth-order valence-electron chi connectivity index (χ4n) is 2.45. The van der Waals surface area contributed by atoms with Gasteiger partial charge >= 0.3 is 0 Å². The van der Waals surface area contributed by atoms with E-state index < -0.39 is 25.9 Å². The number of sulfone groups is 1. The molecule has 26 heavy (non-hydrogen) atoms. The largest absolute Gasteiger partial charge is 0.375 e. The Labute approximate surface area is 151 Å². The van der Waals surface area contributed by atoms with Gasteiger partial charge in [0.1, 0.15) is 11.6 Å². The summed E-state index contributed by atoms with van der Waals surface area (Å²) < 4.78 is 53.9. The van der Waals surface area contributed by atoms with Crippen LogP contribution in [0.2, 0.25) is 0 Å². The summed E-state index contributed by atoms with van der Waals surface area (Å²) in [6, 6.07) is 6.20. The van der Waals surface area contributed by atoms with Crippen LogP contribution in [-0.2, 0) is 24.7 Å². The maximum Gasteiger partial charge on any atom is 0.294 e. The number of hydrogen-bond donors (Lipinski definition) is 2. The van der Waals surface area contributed by atoms with E-state index >= 15 is 0 Å². The van der Waals surface area contributed by atoms with Gasteiger partial charge in [-0.3, -0.25) is 9.35 Å². The van der Waals surface area contributed by atoms with Gasteiger partial charge in [-0.25, -0.2) is 8.42 Å². The summed E-state index contributed by atoms with van der Waals surface area (Å²) in [5.41, 5.74) is 0.00491. The Morgan fingerprint density at radius 1 is 1.38 bits per heavy atom. The van der Waals surface area contributed by atoms with Crippen molar-refractivity contribution < 1.29 is 26.2 Å². The molecule has 1 aliphatic rings. The van der Waals surface area contributed by atoms with Crippen molar-refractivity contribution in [3.8, 4) is 6.07 Å². The maximum absolute atomic E-state index is 12.2. The van der Waals surface area contributed by atoms with E-state index in [2.05, 4.69) is 5.32 Å². The van der Waals surface area contributed by atoms with E-state index in [0.717, 1.165) is 12.1 Å². The average Bonchev–Trinajstić information content (AvgIpc) is 2.92. The van der Waals surface area contributed by atoms with E-state index in [-0.39, 0.29) is 33.7 Å².